The molecule has 0 N–H and O–H groups in total. The van der Waals surface area contributed by atoms with Gasteiger partial charge in [0.25, 0.3) is 0 Å². The van der Waals surface area contributed by atoms with Crippen LogP contribution in [0.3, 0.4) is 0 Å². The van der Waals surface area contributed by atoms with Gasteiger partial charge in [-0.25, -0.2) is 0 Å². The third-order valence-corrected chi connectivity index (χ3v) is 4.60. The van der Waals surface area contributed by atoms with Gasteiger partial charge in [0.1, 0.15) is 0 Å². The fourth-order valence-corrected chi connectivity index (χ4v) is 3.41. The highest BCUT2D eigenvalue weighted by molar-refractivity contribution is 5.95. The molecule has 1 saturated carbocycles. The van der Waals surface area contributed by atoms with Gasteiger partial charge in [-0.05, 0) is 37.2 Å². The third-order valence-electron chi connectivity index (χ3n) is 4.60. The fraction of sp³-hybridized carbons (Fsp3) is 0.824. The predicted molar refractivity (Wildman–Crippen MR) is 76.6 cm³/mol. The smallest absolute Gasteiger partial charge is 0.158 e. The summed E-state index contributed by atoms with van der Waals surface area (Å²) in [5.41, 5.74) is 1.17. The zero-order valence-electron chi connectivity index (χ0n) is 11.8. The van der Waals surface area contributed by atoms with E-state index in [0.717, 1.165) is 19.3 Å². The van der Waals surface area contributed by atoms with Gasteiger partial charge in [-0.3, -0.25) is 4.79 Å². The Morgan fingerprint density at radius 2 is 1.61 bits per heavy atom. The van der Waals surface area contributed by atoms with Crippen LogP contribution in [0.2, 0.25) is 0 Å². The first kappa shape index (κ1) is 13.8. The van der Waals surface area contributed by atoms with Crippen LogP contribution >= 0.6 is 0 Å². The number of allylic oxidation sites excluding steroid dienone is 2. The molecule has 0 atom stereocenters. The number of hydrogen-bond acceptors (Lipinski definition) is 1. The molecule has 0 saturated heterocycles. The maximum Gasteiger partial charge on any atom is 0.158 e. The van der Waals surface area contributed by atoms with Crippen molar-refractivity contribution in [2.45, 2.75) is 83.5 Å². The van der Waals surface area contributed by atoms with Crippen molar-refractivity contribution in [3.63, 3.8) is 0 Å². The molecule has 0 spiro atoms. The second-order valence-electron chi connectivity index (χ2n) is 6.17. The molecule has 18 heavy (non-hydrogen) atoms. The van der Waals surface area contributed by atoms with E-state index in [0.29, 0.717) is 11.7 Å². The van der Waals surface area contributed by atoms with Crippen LogP contribution < -0.4 is 0 Å². The Kier molecular flexibility index (Phi) is 5.96. The van der Waals surface area contributed by atoms with E-state index in [1.165, 1.54) is 69.8 Å². The Bertz CT molecular complexity index is 282. The molecule has 1 heteroatoms. The molecule has 0 amide bonds. The number of carbonyl (C=O) groups is 1. The average molecular weight is 248 g/mol. The Labute approximate surface area is 112 Å². The Hall–Kier alpha value is -0.590. The molecule has 0 heterocycles. The summed E-state index contributed by atoms with van der Waals surface area (Å²) in [6.07, 6.45) is 18.5. The summed E-state index contributed by atoms with van der Waals surface area (Å²) in [5.74, 6) is 1.16. The first-order valence-corrected chi connectivity index (χ1v) is 8.08. The molecule has 1 fully saturated rings. The summed E-state index contributed by atoms with van der Waals surface area (Å²) in [6, 6.07) is 0. The number of Topliss-reactive ketones (excluding diaryl/α,β-unsaturated/α-hetero) is 1. The van der Waals surface area contributed by atoms with E-state index >= 15 is 0 Å². The summed E-state index contributed by atoms with van der Waals surface area (Å²) in [7, 11) is 0. The molecule has 0 unspecified atom stereocenters. The summed E-state index contributed by atoms with van der Waals surface area (Å²) < 4.78 is 0. The molecule has 2 rings (SSSR count). The lowest BCUT2D eigenvalue weighted by molar-refractivity contribution is -0.116. The average Bonchev–Trinajstić information content (AvgIpc) is 2.57. The van der Waals surface area contributed by atoms with E-state index < -0.39 is 0 Å². The molecule has 0 bridgehead atoms. The SMILES string of the molecule is O=C(CC1CCCCCC1)C1=CCCCCCC1. The second kappa shape index (κ2) is 7.76. The van der Waals surface area contributed by atoms with Crippen LogP contribution in [0.5, 0.6) is 0 Å². The van der Waals surface area contributed by atoms with E-state index in [2.05, 4.69) is 6.08 Å². The monoisotopic (exact) mass is 248 g/mol. The van der Waals surface area contributed by atoms with Gasteiger partial charge in [0, 0.05) is 6.42 Å². The van der Waals surface area contributed by atoms with Crippen LogP contribution in [0.25, 0.3) is 0 Å². The molecule has 0 aromatic heterocycles. The zero-order chi connectivity index (χ0) is 12.6. The van der Waals surface area contributed by atoms with Crippen LogP contribution in [-0.4, -0.2) is 5.78 Å². The van der Waals surface area contributed by atoms with Gasteiger partial charge in [0.05, 0.1) is 0 Å². The van der Waals surface area contributed by atoms with Crippen molar-refractivity contribution in [2.24, 2.45) is 5.92 Å². The topological polar surface area (TPSA) is 17.1 Å². The van der Waals surface area contributed by atoms with Gasteiger partial charge >= 0.3 is 0 Å². The third kappa shape index (κ3) is 4.59. The summed E-state index contributed by atoms with van der Waals surface area (Å²) in [5, 5.41) is 0. The molecule has 2 aliphatic carbocycles. The molecule has 0 aliphatic heterocycles. The number of carbonyl (C=O) groups excluding carboxylic acids is 1. The molecule has 0 aromatic rings. The normalized spacial score (nSPS) is 23.7. The molecule has 0 radical (unpaired) electrons. The minimum absolute atomic E-state index is 0.476. The van der Waals surface area contributed by atoms with E-state index in [4.69, 9.17) is 0 Å². The predicted octanol–water partition coefficient (Wildman–Crippen LogP) is 5.20. The first-order valence-electron chi connectivity index (χ1n) is 8.08. The van der Waals surface area contributed by atoms with Crippen molar-refractivity contribution in [3.8, 4) is 0 Å². The highest BCUT2D eigenvalue weighted by Crippen LogP contribution is 2.28. The van der Waals surface area contributed by atoms with Crippen LogP contribution in [0.4, 0.5) is 0 Å². The highest BCUT2D eigenvalue weighted by atomic mass is 16.1. The molecular weight excluding hydrogens is 220 g/mol. The summed E-state index contributed by atoms with van der Waals surface area (Å²) in [4.78, 5) is 12.4. The van der Waals surface area contributed by atoms with Gasteiger partial charge in [0.2, 0.25) is 0 Å². The number of rotatable bonds is 3. The minimum atomic E-state index is 0.476. The Morgan fingerprint density at radius 1 is 0.944 bits per heavy atom. The molecule has 0 aromatic carbocycles. The molecule has 102 valence electrons. The van der Waals surface area contributed by atoms with Crippen LogP contribution in [-0.2, 0) is 4.79 Å². The van der Waals surface area contributed by atoms with Crippen molar-refractivity contribution in [1.29, 1.82) is 0 Å². The Balaban J connectivity index is 1.84. The minimum Gasteiger partial charge on any atom is -0.295 e. The lowest BCUT2D eigenvalue weighted by Crippen LogP contribution is -2.11. The standard InChI is InChI=1S/C17H28O/c18-17(14-15-10-6-4-5-7-11-15)16-12-8-2-1-3-9-13-16/h12,15H,1-11,13-14H2. The lowest BCUT2D eigenvalue weighted by atomic mass is 9.89. The molecular formula is C17H28O. The van der Waals surface area contributed by atoms with Crippen LogP contribution in [0.15, 0.2) is 11.6 Å². The molecule has 2 aliphatic rings. The van der Waals surface area contributed by atoms with Gasteiger partial charge in [-0.1, -0.05) is 57.4 Å². The second-order valence-corrected chi connectivity index (χ2v) is 6.17. The van der Waals surface area contributed by atoms with Crippen LogP contribution in [0, 0.1) is 5.92 Å². The van der Waals surface area contributed by atoms with Crippen LogP contribution in [0.1, 0.15) is 83.5 Å². The van der Waals surface area contributed by atoms with E-state index in [9.17, 15) is 4.79 Å². The van der Waals surface area contributed by atoms with Gasteiger partial charge in [-0.15, -0.1) is 0 Å². The fourth-order valence-electron chi connectivity index (χ4n) is 3.41. The summed E-state index contributed by atoms with van der Waals surface area (Å²) in [6.45, 7) is 0. The maximum absolute atomic E-state index is 12.4. The first-order chi connectivity index (χ1) is 8.86. The highest BCUT2D eigenvalue weighted by Gasteiger charge is 2.18. The van der Waals surface area contributed by atoms with Crippen molar-refractivity contribution in [2.75, 3.05) is 0 Å². The van der Waals surface area contributed by atoms with E-state index in [1.54, 1.807) is 0 Å². The quantitative estimate of drug-likeness (QED) is 0.628. The zero-order valence-corrected chi connectivity index (χ0v) is 11.8. The van der Waals surface area contributed by atoms with Crippen molar-refractivity contribution >= 4 is 5.78 Å². The van der Waals surface area contributed by atoms with Gasteiger partial charge in [-0.2, -0.15) is 0 Å². The summed E-state index contributed by atoms with van der Waals surface area (Å²) >= 11 is 0. The van der Waals surface area contributed by atoms with Crippen molar-refractivity contribution in [3.05, 3.63) is 11.6 Å². The van der Waals surface area contributed by atoms with Gasteiger partial charge in [0.15, 0.2) is 5.78 Å². The van der Waals surface area contributed by atoms with Crippen molar-refractivity contribution < 1.29 is 4.79 Å². The van der Waals surface area contributed by atoms with E-state index in [1.807, 2.05) is 0 Å². The number of hydrogen-bond donors (Lipinski definition) is 0. The number of ketones is 1. The Morgan fingerprint density at radius 3 is 2.39 bits per heavy atom. The van der Waals surface area contributed by atoms with E-state index in [-0.39, 0.29) is 0 Å². The van der Waals surface area contributed by atoms with Crippen molar-refractivity contribution in [1.82, 2.24) is 0 Å². The maximum atomic E-state index is 12.4. The molecule has 1 nitrogen and oxygen atoms in total. The van der Waals surface area contributed by atoms with Gasteiger partial charge < -0.3 is 0 Å². The lowest BCUT2D eigenvalue weighted by Gasteiger charge is -2.15. The largest absolute Gasteiger partial charge is 0.295 e.